The molecule has 4 aromatic carbocycles. The van der Waals surface area contributed by atoms with Crippen molar-refractivity contribution in [1.29, 1.82) is 0 Å². The molecular weight excluding hydrogens is 685 g/mol. The van der Waals surface area contributed by atoms with Gasteiger partial charge in [0.05, 0.1) is 11.1 Å². The van der Waals surface area contributed by atoms with Crippen LogP contribution in [0.15, 0.2) is 121 Å². The molecule has 0 radical (unpaired) electrons. The Morgan fingerprint density at radius 1 is 0.600 bits per heavy atom. The van der Waals surface area contributed by atoms with Crippen LogP contribution in [0.3, 0.4) is 0 Å². The summed E-state index contributed by atoms with van der Waals surface area (Å²) in [5.74, 6) is -2.04. The molecule has 0 spiro atoms. The fraction of sp³-hybridized carbons (Fsp3) is 0.194. The number of aliphatic carboxylic acids is 1. The Labute approximate surface area is 300 Å². The smallest absolute Gasteiger partial charge is 0.550 e. The zero-order chi connectivity index (χ0) is 35.7. The molecule has 6 rings (SSSR count). The second kappa shape index (κ2) is 20.2. The number of rotatable bonds is 8. The van der Waals surface area contributed by atoms with Crippen LogP contribution in [0, 0.1) is 0 Å². The van der Waals surface area contributed by atoms with Crippen molar-refractivity contribution < 1.29 is 45.9 Å². The van der Waals surface area contributed by atoms with E-state index in [-0.39, 0.29) is 16.8 Å². The number of amides is 6. The average molecular weight is 724 g/mol. The van der Waals surface area contributed by atoms with Crippen LogP contribution < -0.4 is 32.5 Å². The Morgan fingerprint density at radius 2 is 0.840 bits per heavy atom. The number of urea groups is 2. The standard InChI is InChI=1S/2C15H12N2O2.C4H13N3.C2H4O2.Co/c2*18-13-15(17-14(19)16-13,11-7-3-1-4-8-11)12-9-5-2-6-10-12;5-1-3-7-4-2-6;1-2(3)4;/h2*1-10H,(H2,16,17,18,19);7H,1-6H2;1H3,(H,3,4);/q;;;;+3/p-3. The summed E-state index contributed by atoms with van der Waals surface area (Å²) >= 11 is 0. The molecule has 0 aliphatic carbocycles. The van der Waals surface area contributed by atoms with Crippen LogP contribution in [0.25, 0.3) is 10.6 Å². The van der Waals surface area contributed by atoms with Gasteiger partial charge in [-0.2, -0.15) is 0 Å². The van der Waals surface area contributed by atoms with Crippen LogP contribution in [0.5, 0.6) is 0 Å². The maximum Gasteiger partial charge on any atom is 3.00 e. The molecule has 6 amide bonds. The third kappa shape index (κ3) is 10.3. The predicted molar refractivity (Wildman–Crippen MR) is 183 cm³/mol. The number of nitrogens with two attached hydrogens (primary N) is 2. The van der Waals surface area contributed by atoms with Gasteiger partial charge in [0.25, 0.3) is 0 Å². The number of nitrogens with zero attached hydrogens (tertiary/aromatic N) is 2. The van der Waals surface area contributed by atoms with Gasteiger partial charge in [0, 0.05) is 32.1 Å². The molecule has 2 heterocycles. The number of hydrogen-bond acceptors (Lipinski definition) is 9. The second-order valence-electron chi connectivity index (χ2n) is 10.5. The van der Waals surface area contributed by atoms with Gasteiger partial charge in [-0.05, 0) is 29.2 Å². The van der Waals surface area contributed by atoms with Crippen molar-refractivity contribution in [1.82, 2.24) is 16.0 Å². The van der Waals surface area contributed by atoms with Gasteiger partial charge in [-0.1, -0.05) is 121 Å². The molecule has 2 saturated heterocycles. The van der Waals surface area contributed by atoms with Crippen LogP contribution in [-0.2, 0) is 42.2 Å². The molecule has 0 unspecified atom stereocenters. The summed E-state index contributed by atoms with van der Waals surface area (Å²) in [6.07, 6.45) is 0. The molecule has 0 aromatic heterocycles. The van der Waals surface area contributed by atoms with Crippen LogP contribution in [0.1, 0.15) is 29.2 Å². The Hall–Kier alpha value is -5.38. The van der Waals surface area contributed by atoms with Gasteiger partial charge >= 0.3 is 16.8 Å². The quantitative estimate of drug-likeness (QED) is 0.133. The fourth-order valence-corrected chi connectivity index (χ4v) is 5.03. The first kappa shape index (κ1) is 40.8. The van der Waals surface area contributed by atoms with Crippen molar-refractivity contribution in [2.75, 3.05) is 26.2 Å². The summed E-state index contributed by atoms with van der Waals surface area (Å²) in [4.78, 5) is 56.4. The molecule has 0 atom stereocenters. The van der Waals surface area contributed by atoms with E-state index in [0.717, 1.165) is 20.0 Å². The van der Waals surface area contributed by atoms with Gasteiger partial charge in [-0.3, -0.25) is 19.2 Å². The van der Waals surface area contributed by atoms with Gasteiger partial charge < -0.3 is 48.0 Å². The predicted octanol–water partition coefficient (Wildman–Crippen LogP) is 2.35. The number of hydrogen-bond donors (Lipinski definition) is 5. The molecule has 262 valence electrons. The third-order valence-corrected chi connectivity index (χ3v) is 7.11. The maximum absolute atomic E-state index is 12.3. The Kier molecular flexibility index (Phi) is 16.5. The largest absolute Gasteiger partial charge is 3.00 e. The Balaban J connectivity index is 0.000000265. The van der Waals surface area contributed by atoms with Gasteiger partial charge in [-0.15, -0.1) is 0 Å². The maximum atomic E-state index is 12.3. The van der Waals surface area contributed by atoms with Gasteiger partial charge in [0.2, 0.25) is 0 Å². The molecular formula is C36H38CoN7O6. The van der Waals surface area contributed by atoms with Crippen molar-refractivity contribution in [2.24, 2.45) is 11.5 Å². The van der Waals surface area contributed by atoms with E-state index < -0.39 is 40.9 Å². The summed E-state index contributed by atoms with van der Waals surface area (Å²) in [7, 11) is 0. The normalized spacial score (nSPS) is 14.6. The van der Waals surface area contributed by atoms with Gasteiger partial charge in [0.15, 0.2) is 23.9 Å². The van der Waals surface area contributed by atoms with E-state index >= 15 is 0 Å². The van der Waals surface area contributed by atoms with Crippen LogP contribution in [-0.4, -0.2) is 56.0 Å². The molecule has 14 heteroatoms. The first-order valence-corrected chi connectivity index (χ1v) is 15.3. The Morgan fingerprint density at radius 3 is 1.02 bits per heavy atom. The molecule has 0 bridgehead atoms. The zero-order valence-electron chi connectivity index (χ0n) is 27.2. The fourth-order valence-electron chi connectivity index (χ4n) is 5.03. The van der Waals surface area contributed by atoms with Crippen molar-refractivity contribution >= 4 is 29.8 Å². The van der Waals surface area contributed by atoms with Gasteiger partial charge in [-0.25, -0.2) is 0 Å². The summed E-state index contributed by atoms with van der Waals surface area (Å²) in [6, 6.07) is 35.4. The zero-order valence-corrected chi connectivity index (χ0v) is 28.2. The molecule has 4 aromatic rings. The second-order valence-corrected chi connectivity index (χ2v) is 10.5. The summed E-state index contributed by atoms with van der Waals surface area (Å²) < 4.78 is 0. The summed E-state index contributed by atoms with van der Waals surface area (Å²) in [5.41, 5.74) is 10.8. The van der Waals surface area contributed by atoms with E-state index in [9.17, 15) is 19.2 Å². The van der Waals surface area contributed by atoms with Gasteiger partial charge in [0.1, 0.15) is 0 Å². The van der Waals surface area contributed by atoms with E-state index in [1.807, 2.05) is 121 Å². The number of carbonyl (C=O) groups is 5. The Bertz CT molecular complexity index is 1480. The van der Waals surface area contributed by atoms with Crippen LogP contribution in [0.2, 0.25) is 0 Å². The molecule has 2 aliphatic rings. The van der Waals surface area contributed by atoms with Crippen LogP contribution >= 0.6 is 0 Å². The number of imide groups is 2. The third-order valence-electron chi connectivity index (χ3n) is 7.11. The molecule has 2 fully saturated rings. The molecule has 0 saturated carbocycles. The van der Waals surface area contributed by atoms with Crippen molar-refractivity contribution in [3.8, 4) is 0 Å². The van der Waals surface area contributed by atoms with E-state index in [4.69, 9.17) is 21.4 Å². The van der Waals surface area contributed by atoms with E-state index in [1.165, 1.54) is 0 Å². The number of benzene rings is 4. The molecule has 7 N–H and O–H groups in total. The molecule has 50 heavy (non-hydrogen) atoms. The molecule has 2 aliphatic heterocycles. The first-order chi connectivity index (χ1) is 23.6. The van der Waals surface area contributed by atoms with Crippen molar-refractivity contribution in [2.45, 2.75) is 18.0 Å². The van der Waals surface area contributed by atoms with E-state index in [1.54, 1.807) is 0 Å². The first-order valence-electron chi connectivity index (χ1n) is 15.3. The van der Waals surface area contributed by atoms with Crippen molar-refractivity contribution in [3.63, 3.8) is 0 Å². The number of carboxylic acids is 1. The van der Waals surface area contributed by atoms with E-state index in [0.29, 0.717) is 35.3 Å². The SMILES string of the molecule is CC(=O)[O-].NCCNCCN.O=C1[N-]C(=O)C(c2ccccc2)(c2ccccc2)N1.O=C1[N-]C(=O)C(c2ccccc2)(c2ccccc2)N1.[Co+3]. The number of carboxylic acid groups (broad SMARTS) is 1. The minimum atomic E-state index is -1.19. The number of carbonyl (C=O) groups excluding carboxylic acids is 5. The van der Waals surface area contributed by atoms with Crippen LogP contribution in [0.4, 0.5) is 9.59 Å². The monoisotopic (exact) mass is 723 g/mol. The van der Waals surface area contributed by atoms with Crippen molar-refractivity contribution in [3.05, 3.63) is 154 Å². The summed E-state index contributed by atoms with van der Waals surface area (Å²) in [6.45, 7) is 4.11. The van der Waals surface area contributed by atoms with E-state index in [2.05, 4.69) is 26.6 Å². The minimum Gasteiger partial charge on any atom is -0.550 e. The average Bonchev–Trinajstić information content (AvgIpc) is 3.60. The topological polar surface area (TPSA) is 225 Å². The summed E-state index contributed by atoms with van der Waals surface area (Å²) in [5, 5.41) is 24.3. The molecule has 13 nitrogen and oxygen atoms in total. The minimum absolute atomic E-state index is 0. The number of nitrogens with one attached hydrogen (secondary N) is 3.